The van der Waals surface area contributed by atoms with Crippen LogP contribution in [0.25, 0.3) is 0 Å². The Morgan fingerprint density at radius 2 is 2.23 bits per heavy atom. The molecule has 0 aliphatic carbocycles. The van der Waals surface area contributed by atoms with Crippen LogP contribution < -0.4 is 4.57 Å². The van der Waals surface area contributed by atoms with Gasteiger partial charge in [-0.05, 0) is 6.92 Å². The third-order valence-corrected chi connectivity index (χ3v) is 1.63. The van der Waals surface area contributed by atoms with Crippen molar-refractivity contribution in [3.63, 3.8) is 0 Å². The first-order valence-electron chi connectivity index (χ1n) is 3.89. The molecule has 0 aliphatic heterocycles. The van der Waals surface area contributed by atoms with E-state index in [9.17, 15) is 9.59 Å². The van der Waals surface area contributed by atoms with E-state index in [1.54, 1.807) is 10.8 Å². The van der Waals surface area contributed by atoms with E-state index >= 15 is 0 Å². The lowest BCUT2D eigenvalue weighted by molar-refractivity contribution is -0.694. The number of nitrogens with zero attached hydrogens (tertiary/aromatic N) is 2. The first-order valence-corrected chi connectivity index (χ1v) is 3.89. The maximum atomic E-state index is 10.6. The second-order valence-electron chi connectivity index (χ2n) is 2.79. The van der Waals surface area contributed by atoms with Crippen LogP contribution in [0, 0.1) is 0 Å². The first kappa shape index (κ1) is 9.44. The highest BCUT2D eigenvalue weighted by Gasteiger charge is 2.09. The lowest BCUT2D eigenvalue weighted by Crippen LogP contribution is -2.32. The molecule has 0 atom stereocenters. The van der Waals surface area contributed by atoms with Crippen LogP contribution in [0.2, 0.25) is 0 Å². The fourth-order valence-electron chi connectivity index (χ4n) is 0.926. The summed E-state index contributed by atoms with van der Waals surface area (Å²) in [5.41, 5.74) is 0. The number of ketones is 1. The van der Waals surface area contributed by atoms with Crippen LogP contribution in [0.1, 0.15) is 13.3 Å². The quantitative estimate of drug-likeness (QED) is 0.684. The Balaban J connectivity index is 2.59. The molecule has 1 N–H and O–H groups in total. The van der Waals surface area contributed by atoms with Gasteiger partial charge in [-0.3, -0.25) is 4.79 Å². The first-order chi connectivity index (χ1) is 6.09. The molecular weight excluding hydrogens is 172 g/mol. The minimum atomic E-state index is -1.03. The molecule has 5 nitrogen and oxygen atoms in total. The molecule has 0 spiro atoms. The zero-order chi connectivity index (χ0) is 9.84. The SMILES string of the molecule is CC(=O)CC[n+]1ccn(C(=O)O)c1. The second-order valence-corrected chi connectivity index (χ2v) is 2.79. The largest absolute Gasteiger partial charge is 0.509 e. The molecule has 0 fully saturated rings. The summed E-state index contributed by atoms with van der Waals surface area (Å²) in [7, 11) is 0. The summed E-state index contributed by atoms with van der Waals surface area (Å²) in [6.07, 6.45) is 3.89. The molecule has 0 aliphatic rings. The summed E-state index contributed by atoms with van der Waals surface area (Å²) in [6.45, 7) is 2.03. The predicted molar refractivity (Wildman–Crippen MR) is 43.3 cm³/mol. The average molecular weight is 183 g/mol. The predicted octanol–water partition coefficient (Wildman–Crippen LogP) is 0.281. The van der Waals surface area contributed by atoms with Crippen LogP contribution in [-0.4, -0.2) is 21.6 Å². The molecule has 0 unspecified atom stereocenters. The van der Waals surface area contributed by atoms with E-state index in [1.165, 1.54) is 19.4 Å². The molecular formula is C8H11N2O3+. The van der Waals surface area contributed by atoms with Crippen molar-refractivity contribution >= 4 is 11.9 Å². The van der Waals surface area contributed by atoms with Gasteiger partial charge in [0.05, 0.1) is 6.54 Å². The maximum absolute atomic E-state index is 10.6. The zero-order valence-electron chi connectivity index (χ0n) is 7.30. The molecule has 1 heterocycles. The van der Waals surface area contributed by atoms with E-state index in [-0.39, 0.29) is 5.78 Å². The Kier molecular flexibility index (Phi) is 2.79. The number of Topliss-reactive ketones (excluding diaryl/α,β-unsaturated/α-hetero) is 1. The highest BCUT2D eigenvalue weighted by molar-refractivity contribution is 5.75. The Morgan fingerprint density at radius 1 is 1.54 bits per heavy atom. The van der Waals surface area contributed by atoms with Gasteiger partial charge in [0, 0.05) is 6.42 Å². The number of carbonyl (C=O) groups is 2. The van der Waals surface area contributed by atoms with Gasteiger partial charge in [-0.1, -0.05) is 0 Å². The molecule has 0 radical (unpaired) electrons. The number of hydrogen-bond donors (Lipinski definition) is 1. The summed E-state index contributed by atoms with van der Waals surface area (Å²) in [5.74, 6) is 0.0931. The van der Waals surface area contributed by atoms with Gasteiger partial charge < -0.3 is 5.11 Å². The van der Waals surface area contributed by atoms with Gasteiger partial charge in [-0.2, -0.15) is 4.79 Å². The molecule has 70 valence electrons. The number of aromatic nitrogens is 2. The smallest absolute Gasteiger partial charge is 0.446 e. The van der Waals surface area contributed by atoms with Crippen LogP contribution in [0.4, 0.5) is 4.79 Å². The Morgan fingerprint density at radius 3 is 2.69 bits per heavy atom. The number of aryl methyl sites for hydroxylation is 1. The monoisotopic (exact) mass is 183 g/mol. The van der Waals surface area contributed by atoms with Crippen LogP contribution in [-0.2, 0) is 11.3 Å². The zero-order valence-corrected chi connectivity index (χ0v) is 7.30. The lowest BCUT2D eigenvalue weighted by Gasteiger charge is -1.90. The van der Waals surface area contributed by atoms with Crippen molar-refractivity contribution in [2.24, 2.45) is 0 Å². The van der Waals surface area contributed by atoms with Crippen molar-refractivity contribution in [2.75, 3.05) is 0 Å². The Bertz CT molecular complexity index is 330. The Labute approximate surface area is 75.2 Å². The van der Waals surface area contributed by atoms with Gasteiger partial charge in [0.1, 0.15) is 18.2 Å². The van der Waals surface area contributed by atoms with Crippen molar-refractivity contribution in [2.45, 2.75) is 19.9 Å². The molecule has 5 heteroatoms. The summed E-state index contributed by atoms with van der Waals surface area (Å²) >= 11 is 0. The molecule has 1 aromatic rings. The van der Waals surface area contributed by atoms with E-state index in [4.69, 9.17) is 5.11 Å². The van der Waals surface area contributed by atoms with Crippen LogP contribution in [0.5, 0.6) is 0 Å². The number of carboxylic acid groups (broad SMARTS) is 1. The third kappa shape index (κ3) is 2.70. The average Bonchev–Trinajstić information content (AvgIpc) is 2.48. The number of hydrogen-bond acceptors (Lipinski definition) is 2. The van der Waals surface area contributed by atoms with Gasteiger partial charge in [0.25, 0.3) is 6.33 Å². The molecule has 0 saturated heterocycles. The summed E-state index contributed by atoms with van der Waals surface area (Å²) < 4.78 is 2.70. The van der Waals surface area contributed by atoms with Gasteiger partial charge in [-0.15, -0.1) is 4.57 Å². The van der Waals surface area contributed by atoms with E-state index < -0.39 is 6.09 Å². The number of imidazole rings is 1. The van der Waals surface area contributed by atoms with E-state index in [1.807, 2.05) is 0 Å². The van der Waals surface area contributed by atoms with Crippen LogP contribution in [0.15, 0.2) is 18.7 Å². The molecule has 1 rings (SSSR count). The lowest BCUT2D eigenvalue weighted by atomic mass is 10.3. The summed E-state index contributed by atoms with van der Waals surface area (Å²) in [4.78, 5) is 21.1. The van der Waals surface area contributed by atoms with Crippen LogP contribution in [0.3, 0.4) is 0 Å². The topological polar surface area (TPSA) is 63.2 Å². The maximum Gasteiger partial charge on any atom is 0.509 e. The standard InChI is InChI=1S/C8H10N2O3/c1-7(11)2-3-9-4-5-10(6-9)8(12)13/h4-6H,2-3H2,1H3/p+1. The van der Waals surface area contributed by atoms with Crippen LogP contribution >= 0.6 is 0 Å². The molecule has 0 amide bonds. The molecule has 1 aromatic heterocycles. The second kappa shape index (κ2) is 3.84. The number of rotatable bonds is 3. The van der Waals surface area contributed by atoms with Crippen molar-refractivity contribution in [3.05, 3.63) is 18.7 Å². The van der Waals surface area contributed by atoms with Gasteiger partial charge in [0.15, 0.2) is 0 Å². The molecule has 13 heavy (non-hydrogen) atoms. The van der Waals surface area contributed by atoms with Gasteiger partial charge in [-0.25, -0.2) is 4.57 Å². The normalized spacial score (nSPS) is 9.92. The Hall–Kier alpha value is -1.65. The van der Waals surface area contributed by atoms with Crippen molar-refractivity contribution in [1.29, 1.82) is 0 Å². The minimum absolute atomic E-state index is 0.0931. The van der Waals surface area contributed by atoms with E-state index in [0.29, 0.717) is 13.0 Å². The highest BCUT2D eigenvalue weighted by Crippen LogP contribution is 1.86. The van der Waals surface area contributed by atoms with Gasteiger partial charge >= 0.3 is 6.09 Å². The number of carbonyl (C=O) groups excluding carboxylic acids is 1. The third-order valence-electron chi connectivity index (χ3n) is 1.63. The molecule has 0 aromatic carbocycles. The summed E-state index contributed by atoms with van der Waals surface area (Å²) in [5, 5.41) is 8.56. The van der Waals surface area contributed by atoms with Gasteiger partial charge in [0.2, 0.25) is 0 Å². The van der Waals surface area contributed by atoms with E-state index in [0.717, 1.165) is 4.57 Å². The van der Waals surface area contributed by atoms with Crippen molar-refractivity contribution in [3.8, 4) is 0 Å². The fourth-order valence-corrected chi connectivity index (χ4v) is 0.926. The van der Waals surface area contributed by atoms with Crippen molar-refractivity contribution < 1.29 is 19.3 Å². The minimum Gasteiger partial charge on any atom is -0.446 e. The summed E-state index contributed by atoms with van der Waals surface area (Å²) in [6, 6.07) is 0. The van der Waals surface area contributed by atoms with Crippen molar-refractivity contribution in [1.82, 2.24) is 4.57 Å². The molecule has 0 saturated carbocycles. The fraction of sp³-hybridized carbons (Fsp3) is 0.375. The molecule has 0 bridgehead atoms. The highest BCUT2D eigenvalue weighted by atomic mass is 16.4. The van der Waals surface area contributed by atoms with E-state index in [2.05, 4.69) is 0 Å².